The lowest BCUT2D eigenvalue weighted by Crippen LogP contribution is -2.04. The second-order valence-corrected chi connectivity index (χ2v) is 4.66. The van der Waals surface area contributed by atoms with Gasteiger partial charge in [0, 0.05) is 12.2 Å². The smallest absolute Gasteiger partial charge is 0.251 e. The number of aromatic nitrogens is 2. The van der Waals surface area contributed by atoms with Gasteiger partial charge in [-0.25, -0.2) is 0 Å². The van der Waals surface area contributed by atoms with Gasteiger partial charge in [0.2, 0.25) is 0 Å². The molecule has 2 aromatic rings. The van der Waals surface area contributed by atoms with Crippen molar-refractivity contribution in [3.8, 4) is 0 Å². The maximum Gasteiger partial charge on any atom is 0.251 e. The number of aliphatic hydroxyl groups excluding tert-OH is 1. The first-order chi connectivity index (χ1) is 8.78. The van der Waals surface area contributed by atoms with Crippen LogP contribution in [0.15, 0.2) is 34.5 Å². The first-order valence-electron chi connectivity index (χ1n) is 5.44. The standard InChI is InChI=1S/C11H13N5OS/c1-8-13-15-11(18-8)16-14-10-4-2-9(3-5-10)12-6-7-17/h2-5,12,17H,6-7H2,1H3. The maximum atomic E-state index is 8.69. The molecule has 6 nitrogen and oxygen atoms in total. The Morgan fingerprint density at radius 2 is 2.00 bits per heavy atom. The van der Waals surface area contributed by atoms with Gasteiger partial charge >= 0.3 is 0 Å². The number of nitrogens with one attached hydrogen (secondary N) is 1. The van der Waals surface area contributed by atoms with Crippen LogP contribution in [0, 0.1) is 6.92 Å². The third-order valence-corrected chi connectivity index (χ3v) is 2.80. The molecule has 0 unspecified atom stereocenters. The molecule has 0 aliphatic carbocycles. The van der Waals surface area contributed by atoms with Gasteiger partial charge in [-0.05, 0) is 31.2 Å². The predicted octanol–water partition coefficient (Wildman–Crippen LogP) is 2.67. The van der Waals surface area contributed by atoms with Crippen molar-refractivity contribution in [2.45, 2.75) is 6.92 Å². The first-order valence-corrected chi connectivity index (χ1v) is 6.26. The Kier molecular flexibility index (Phi) is 4.32. The summed E-state index contributed by atoms with van der Waals surface area (Å²) in [4.78, 5) is 0. The van der Waals surface area contributed by atoms with Crippen molar-refractivity contribution in [2.24, 2.45) is 10.2 Å². The lowest BCUT2D eigenvalue weighted by atomic mass is 10.3. The zero-order valence-electron chi connectivity index (χ0n) is 9.87. The van der Waals surface area contributed by atoms with Crippen LogP contribution in [-0.4, -0.2) is 28.5 Å². The third kappa shape index (κ3) is 3.57. The summed E-state index contributed by atoms with van der Waals surface area (Å²) in [5, 5.41) is 28.9. The molecule has 0 atom stereocenters. The minimum absolute atomic E-state index is 0.109. The topological polar surface area (TPSA) is 82.8 Å². The minimum atomic E-state index is 0.109. The van der Waals surface area contributed by atoms with E-state index >= 15 is 0 Å². The van der Waals surface area contributed by atoms with E-state index in [1.165, 1.54) is 11.3 Å². The Morgan fingerprint density at radius 1 is 1.22 bits per heavy atom. The lowest BCUT2D eigenvalue weighted by Gasteiger charge is -2.03. The Hall–Kier alpha value is -1.86. The van der Waals surface area contributed by atoms with Gasteiger partial charge in [-0.2, -0.15) is 0 Å². The quantitative estimate of drug-likeness (QED) is 0.812. The lowest BCUT2D eigenvalue weighted by molar-refractivity contribution is 0.311. The van der Waals surface area contributed by atoms with Gasteiger partial charge in [0.05, 0.1) is 12.3 Å². The van der Waals surface area contributed by atoms with E-state index < -0.39 is 0 Å². The summed E-state index contributed by atoms with van der Waals surface area (Å²) in [5.74, 6) is 0. The van der Waals surface area contributed by atoms with Crippen LogP contribution in [0.1, 0.15) is 5.01 Å². The van der Waals surface area contributed by atoms with Gasteiger partial charge in [-0.3, -0.25) is 0 Å². The highest BCUT2D eigenvalue weighted by Crippen LogP contribution is 2.22. The Bertz CT molecular complexity index is 522. The number of hydrogen-bond donors (Lipinski definition) is 2. The fourth-order valence-electron chi connectivity index (χ4n) is 1.27. The van der Waals surface area contributed by atoms with E-state index in [-0.39, 0.29) is 6.61 Å². The van der Waals surface area contributed by atoms with E-state index in [4.69, 9.17) is 5.11 Å². The average molecular weight is 263 g/mol. The van der Waals surface area contributed by atoms with E-state index in [1.54, 1.807) is 0 Å². The monoisotopic (exact) mass is 263 g/mol. The molecule has 1 aromatic carbocycles. The summed E-state index contributed by atoms with van der Waals surface area (Å²) in [7, 11) is 0. The molecule has 0 saturated carbocycles. The molecular formula is C11H13N5OS. The molecule has 2 rings (SSSR count). The molecule has 2 N–H and O–H groups in total. The highest BCUT2D eigenvalue weighted by molar-refractivity contribution is 7.14. The molecule has 1 heterocycles. The second-order valence-electron chi connectivity index (χ2n) is 3.50. The highest BCUT2D eigenvalue weighted by atomic mass is 32.1. The molecule has 0 bridgehead atoms. The van der Waals surface area contributed by atoms with Gasteiger partial charge < -0.3 is 10.4 Å². The fourth-order valence-corrected chi connectivity index (χ4v) is 1.78. The highest BCUT2D eigenvalue weighted by Gasteiger charge is 1.97. The van der Waals surface area contributed by atoms with Crippen molar-refractivity contribution in [3.05, 3.63) is 29.3 Å². The molecule has 7 heteroatoms. The number of nitrogens with zero attached hydrogens (tertiary/aromatic N) is 4. The summed E-state index contributed by atoms with van der Waals surface area (Å²) in [6.45, 7) is 2.51. The number of hydrogen-bond acceptors (Lipinski definition) is 7. The van der Waals surface area contributed by atoms with Crippen LogP contribution in [0.2, 0.25) is 0 Å². The van der Waals surface area contributed by atoms with Crippen LogP contribution in [0.3, 0.4) is 0 Å². The van der Waals surface area contributed by atoms with Crippen LogP contribution in [0.5, 0.6) is 0 Å². The van der Waals surface area contributed by atoms with Crippen LogP contribution in [0.25, 0.3) is 0 Å². The molecule has 94 valence electrons. The molecule has 18 heavy (non-hydrogen) atoms. The molecule has 0 aliphatic heterocycles. The SMILES string of the molecule is Cc1nnc(N=Nc2ccc(NCCO)cc2)s1. The van der Waals surface area contributed by atoms with Crippen molar-refractivity contribution in [1.82, 2.24) is 10.2 Å². The minimum Gasteiger partial charge on any atom is -0.395 e. The molecule has 0 aliphatic rings. The van der Waals surface area contributed by atoms with Crippen LogP contribution < -0.4 is 5.32 Å². The normalized spacial score (nSPS) is 11.0. The van der Waals surface area contributed by atoms with E-state index in [1.807, 2.05) is 31.2 Å². The second kappa shape index (κ2) is 6.18. The molecule has 0 amide bonds. The maximum absolute atomic E-state index is 8.69. The zero-order chi connectivity index (χ0) is 12.8. The van der Waals surface area contributed by atoms with E-state index in [9.17, 15) is 0 Å². The van der Waals surface area contributed by atoms with E-state index in [2.05, 4.69) is 25.7 Å². The summed E-state index contributed by atoms with van der Waals surface area (Å²) in [5.41, 5.74) is 1.69. The number of anilines is 1. The molecule has 1 aromatic heterocycles. The molecule has 0 saturated heterocycles. The Morgan fingerprint density at radius 3 is 2.61 bits per heavy atom. The van der Waals surface area contributed by atoms with Crippen LogP contribution in [0.4, 0.5) is 16.5 Å². The van der Waals surface area contributed by atoms with Gasteiger partial charge in [0.25, 0.3) is 5.13 Å². The van der Waals surface area contributed by atoms with Crippen LogP contribution >= 0.6 is 11.3 Å². The molecular weight excluding hydrogens is 250 g/mol. The summed E-state index contributed by atoms with van der Waals surface area (Å²) >= 11 is 1.40. The number of benzene rings is 1. The number of aliphatic hydroxyl groups is 1. The van der Waals surface area contributed by atoms with Crippen molar-refractivity contribution < 1.29 is 5.11 Å². The Labute approximate surface area is 108 Å². The van der Waals surface area contributed by atoms with Gasteiger partial charge in [0.1, 0.15) is 5.01 Å². The fraction of sp³-hybridized carbons (Fsp3) is 0.273. The largest absolute Gasteiger partial charge is 0.395 e. The molecule has 0 radical (unpaired) electrons. The summed E-state index contributed by atoms with van der Waals surface area (Å²) in [6.07, 6.45) is 0. The van der Waals surface area contributed by atoms with Gasteiger partial charge in [0.15, 0.2) is 0 Å². The number of azo groups is 1. The predicted molar refractivity (Wildman–Crippen MR) is 70.8 cm³/mol. The van der Waals surface area contributed by atoms with Crippen molar-refractivity contribution in [3.63, 3.8) is 0 Å². The summed E-state index contributed by atoms with van der Waals surface area (Å²) in [6, 6.07) is 7.46. The third-order valence-electron chi connectivity index (χ3n) is 2.07. The average Bonchev–Trinajstić information content (AvgIpc) is 2.81. The van der Waals surface area contributed by atoms with Crippen molar-refractivity contribution in [1.29, 1.82) is 0 Å². The number of aryl methyl sites for hydroxylation is 1. The van der Waals surface area contributed by atoms with Crippen LogP contribution in [-0.2, 0) is 0 Å². The van der Waals surface area contributed by atoms with Gasteiger partial charge in [-0.1, -0.05) is 11.3 Å². The van der Waals surface area contributed by atoms with E-state index in [0.29, 0.717) is 11.7 Å². The van der Waals surface area contributed by atoms with Gasteiger partial charge in [-0.15, -0.1) is 20.4 Å². The van der Waals surface area contributed by atoms with Crippen molar-refractivity contribution in [2.75, 3.05) is 18.5 Å². The zero-order valence-corrected chi connectivity index (χ0v) is 10.7. The number of rotatable bonds is 5. The first kappa shape index (κ1) is 12.6. The molecule has 0 fully saturated rings. The van der Waals surface area contributed by atoms with E-state index in [0.717, 1.165) is 16.4 Å². The summed E-state index contributed by atoms with van der Waals surface area (Å²) < 4.78 is 0. The molecule has 0 spiro atoms. The Balaban J connectivity index is 1.99. The van der Waals surface area contributed by atoms with Crippen molar-refractivity contribution >= 4 is 27.8 Å².